The van der Waals surface area contributed by atoms with E-state index in [2.05, 4.69) is 17.1 Å². The summed E-state index contributed by atoms with van der Waals surface area (Å²) in [4.78, 5) is 16.9. The lowest BCUT2D eigenvalue weighted by Gasteiger charge is -2.47. The minimum Gasteiger partial charge on any atom is -0.445 e. The van der Waals surface area contributed by atoms with E-state index in [0.29, 0.717) is 19.0 Å². The van der Waals surface area contributed by atoms with Crippen LogP contribution in [0.3, 0.4) is 0 Å². The van der Waals surface area contributed by atoms with Crippen LogP contribution < -0.4 is 5.32 Å². The number of hydrogen-bond donors (Lipinski definition) is 1. The highest BCUT2D eigenvalue weighted by Gasteiger charge is 2.37. The molecule has 1 N–H and O–H groups in total. The van der Waals surface area contributed by atoms with Gasteiger partial charge in [-0.2, -0.15) is 0 Å². The van der Waals surface area contributed by atoms with Crippen LogP contribution in [0.4, 0.5) is 9.18 Å². The summed E-state index contributed by atoms with van der Waals surface area (Å²) in [5, 5.41) is 3.43. The van der Waals surface area contributed by atoms with Crippen LogP contribution in [-0.4, -0.2) is 54.7 Å². The highest BCUT2D eigenvalue weighted by molar-refractivity contribution is 5.67. The molecule has 2 atom stereocenters. The highest BCUT2D eigenvalue weighted by Crippen LogP contribution is 2.36. The fourth-order valence-corrected chi connectivity index (χ4v) is 4.95. The van der Waals surface area contributed by atoms with Crippen molar-refractivity contribution >= 4 is 6.09 Å². The number of nitrogens with zero attached hydrogens (tertiary/aromatic N) is 2. The molecule has 2 fully saturated rings. The Balaban J connectivity index is 1.43. The Morgan fingerprint density at radius 2 is 1.90 bits per heavy atom. The van der Waals surface area contributed by atoms with Gasteiger partial charge in [0, 0.05) is 31.7 Å². The molecule has 2 aromatic carbocycles. The van der Waals surface area contributed by atoms with Gasteiger partial charge in [0.25, 0.3) is 0 Å². The number of amides is 1. The quantitative estimate of drug-likeness (QED) is 0.780. The fraction of sp³-hybridized carbons (Fsp3) is 0.480. The van der Waals surface area contributed by atoms with Gasteiger partial charge in [-0.25, -0.2) is 9.18 Å². The van der Waals surface area contributed by atoms with Crippen molar-refractivity contribution in [1.29, 1.82) is 0 Å². The summed E-state index contributed by atoms with van der Waals surface area (Å²) in [6.45, 7) is 6.43. The minimum absolute atomic E-state index is 0.162. The third kappa shape index (κ3) is 5.43. The number of carbonyl (C=O) groups is 1. The molecule has 0 bridgehead atoms. The van der Waals surface area contributed by atoms with Crippen molar-refractivity contribution in [3.05, 3.63) is 71.5 Å². The summed E-state index contributed by atoms with van der Waals surface area (Å²) in [6.07, 6.45) is 1.89. The van der Waals surface area contributed by atoms with Crippen LogP contribution in [0, 0.1) is 11.7 Å². The first-order chi connectivity index (χ1) is 15.1. The maximum Gasteiger partial charge on any atom is 0.410 e. The van der Waals surface area contributed by atoms with Crippen LogP contribution in [0.1, 0.15) is 36.9 Å². The van der Waals surface area contributed by atoms with E-state index in [0.717, 1.165) is 43.6 Å². The number of nitrogens with one attached hydrogen (secondary N) is 1. The lowest BCUT2D eigenvalue weighted by Crippen LogP contribution is -2.56. The molecule has 2 aromatic rings. The van der Waals surface area contributed by atoms with E-state index in [-0.39, 0.29) is 30.6 Å². The third-order valence-corrected chi connectivity index (χ3v) is 6.52. The summed E-state index contributed by atoms with van der Waals surface area (Å²) < 4.78 is 19.6. The minimum atomic E-state index is -0.264. The van der Waals surface area contributed by atoms with E-state index in [4.69, 9.17) is 4.74 Å². The van der Waals surface area contributed by atoms with Crippen molar-refractivity contribution in [3.63, 3.8) is 0 Å². The summed E-state index contributed by atoms with van der Waals surface area (Å²) in [5.74, 6) is 0.286. The standard InChI is InChI=1S/C25H32FN3O2/c1-19-17-28(25(30)31-18-20-6-3-2-4-7-20)14-15-29(19)24(21-10-12-27-13-11-21)22-8-5-9-23(26)16-22/h2-9,16,19,21,24,27H,10-15,17-18H2,1H3/t19?,24-/m1/s1. The van der Waals surface area contributed by atoms with Gasteiger partial charge >= 0.3 is 6.09 Å². The van der Waals surface area contributed by atoms with E-state index in [1.54, 1.807) is 17.0 Å². The molecule has 0 saturated carbocycles. The Morgan fingerprint density at radius 3 is 2.61 bits per heavy atom. The fourth-order valence-electron chi connectivity index (χ4n) is 4.95. The van der Waals surface area contributed by atoms with Gasteiger partial charge < -0.3 is 15.0 Å². The Morgan fingerprint density at radius 1 is 1.13 bits per heavy atom. The number of halogens is 1. The van der Waals surface area contributed by atoms with Crippen molar-refractivity contribution in [3.8, 4) is 0 Å². The van der Waals surface area contributed by atoms with Crippen molar-refractivity contribution in [2.75, 3.05) is 32.7 Å². The van der Waals surface area contributed by atoms with Gasteiger partial charge in [-0.15, -0.1) is 0 Å². The maximum absolute atomic E-state index is 14.1. The number of ether oxygens (including phenoxy) is 1. The largest absolute Gasteiger partial charge is 0.445 e. The molecule has 0 radical (unpaired) electrons. The molecule has 2 aliphatic heterocycles. The Labute approximate surface area is 184 Å². The monoisotopic (exact) mass is 425 g/mol. The van der Waals surface area contributed by atoms with Crippen molar-refractivity contribution in [2.45, 2.75) is 38.5 Å². The predicted octanol–water partition coefficient (Wildman–Crippen LogP) is 4.21. The second kappa shape index (κ2) is 10.2. The van der Waals surface area contributed by atoms with Crippen LogP contribution >= 0.6 is 0 Å². The average molecular weight is 426 g/mol. The summed E-state index contributed by atoms with van der Waals surface area (Å²) in [5.41, 5.74) is 2.03. The molecule has 2 saturated heterocycles. The van der Waals surface area contributed by atoms with E-state index in [9.17, 15) is 9.18 Å². The van der Waals surface area contributed by atoms with Crippen LogP contribution in [0.15, 0.2) is 54.6 Å². The van der Waals surface area contributed by atoms with E-state index in [1.807, 2.05) is 36.4 Å². The maximum atomic E-state index is 14.1. The molecule has 1 amide bonds. The second-order valence-electron chi connectivity index (χ2n) is 8.66. The second-order valence-corrected chi connectivity index (χ2v) is 8.66. The molecular formula is C25H32FN3O2. The third-order valence-electron chi connectivity index (χ3n) is 6.52. The normalized spacial score (nSPS) is 21.6. The number of carbonyl (C=O) groups excluding carboxylic acids is 1. The SMILES string of the molecule is CC1CN(C(=O)OCc2ccccc2)CCN1[C@@H](c1cccc(F)c1)C1CCNCC1. The first-order valence-corrected chi connectivity index (χ1v) is 11.3. The van der Waals surface area contributed by atoms with Gasteiger partial charge in [0.15, 0.2) is 0 Å². The van der Waals surface area contributed by atoms with Gasteiger partial charge in [0.05, 0.1) is 0 Å². The summed E-state index contributed by atoms with van der Waals surface area (Å²) >= 11 is 0. The summed E-state index contributed by atoms with van der Waals surface area (Å²) in [6, 6.07) is 17.1. The molecule has 4 rings (SSSR count). The van der Waals surface area contributed by atoms with E-state index >= 15 is 0 Å². The zero-order chi connectivity index (χ0) is 21.6. The predicted molar refractivity (Wildman–Crippen MR) is 119 cm³/mol. The smallest absolute Gasteiger partial charge is 0.410 e. The van der Waals surface area contributed by atoms with Crippen LogP contribution in [-0.2, 0) is 11.3 Å². The van der Waals surface area contributed by atoms with E-state index < -0.39 is 0 Å². The number of benzene rings is 2. The first-order valence-electron chi connectivity index (χ1n) is 11.3. The molecule has 0 aliphatic carbocycles. The highest BCUT2D eigenvalue weighted by atomic mass is 19.1. The first kappa shape index (κ1) is 21.8. The van der Waals surface area contributed by atoms with Crippen LogP contribution in [0.5, 0.6) is 0 Å². The lowest BCUT2D eigenvalue weighted by molar-refractivity contribution is 0.0124. The molecule has 2 aliphatic rings. The Kier molecular flexibility index (Phi) is 7.20. The molecular weight excluding hydrogens is 393 g/mol. The van der Waals surface area contributed by atoms with Crippen molar-refractivity contribution in [2.24, 2.45) is 5.92 Å². The van der Waals surface area contributed by atoms with E-state index in [1.165, 1.54) is 6.07 Å². The number of rotatable bonds is 5. The lowest BCUT2D eigenvalue weighted by atomic mass is 9.83. The van der Waals surface area contributed by atoms with Crippen LogP contribution in [0.25, 0.3) is 0 Å². The molecule has 0 aromatic heterocycles. The summed E-state index contributed by atoms with van der Waals surface area (Å²) in [7, 11) is 0. The Hall–Kier alpha value is -2.44. The molecule has 1 unspecified atom stereocenters. The van der Waals surface area contributed by atoms with Gasteiger partial charge in [-0.1, -0.05) is 42.5 Å². The van der Waals surface area contributed by atoms with Crippen molar-refractivity contribution < 1.29 is 13.9 Å². The molecule has 6 heteroatoms. The average Bonchev–Trinajstić information content (AvgIpc) is 2.80. The molecule has 31 heavy (non-hydrogen) atoms. The number of piperazine rings is 1. The van der Waals surface area contributed by atoms with Gasteiger partial charge in [-0.05, 0) is 62.0 Å². The molecule has 0 spiro atoms. The van der Waals surface area contributed by atoms with Gasteiger partial charge in [0.1, 0.15) is 12.4 Å². The zero-order valence-corrected chi connectivity index (χ0v) is 18.2. The number of piperidine rings is 1. The zero-order valence-electron chi connectivity index (χ0n) is 18.2. The topological polar surface area (TPSA) is 44.8 Å². The Bertz CT molecular complexity index is 857. The van der Waals surface area contributed by atoms with Gasteiger partial charge in [-0.3, -0.25) is 4.90 Å². The molecule has 166 valence electrons. The van der Waals surface area contributed by atoms with Crippen LogP contribution in [0.2, 0.25) is 0 Å². The van der Waals surface area contributed by atoms with Crippen molar-refractivity contribution in [1.82, 2.24) is 15.1 Å². The molecule has 5 nitrogen and oxygen atoms in total. The van der Waals surface area contributed by atoms with Gasteiger partial charge in [0.2, 0.25) is 0 Å². The number of hydrogen-bond acceptors (Lipinski definition) is 4. The molecule has 2 heterocycles.